The van der Waals surface area contributed by atoms with E-state index in [-0.39, 0.29) is 24.7 Å². The van der Waals surface area contributed by atoms with Crippen molar-refractivity contribution in [3.63, 3.8) is 0 Å². The van der Waals surface area contributed by atoms with E-state index in [2.05, 4.69) is 8.83 Å². The van der Waals surface area contributed by atoms with Gasteiger partial charge in [-0.1, -0.05) is 0 Å². The highest BCUT2D eigenvalue weighted by Crippen LogP contribution is 2.50. The number of nitrogens with one attached hydrogen (secondary N) is 1. The molecule has 0 aliphatic carbocycles. The fraction of sp³-hybridized carbons (Fsp3) is 0.600. The Kier molecular flexibility index (Phi) is 18.5. The fourth-order valence-corrected chi connectivity index (χ4v) is 4.15. The van der Waals surface area contributed by atoms with Gasteiger partial charge >= 0.3 is 11.7 Å². The van der Waals surface area contributed by atoms with Gasteiger partial charge in [0.25, 0.3) is 13.4 Å². The number of carbonyl (C=O) groups excluding carboxylic acids is 1. The number of H-pyrrole nitrogens is 1. The molecule has 0 spiro atoms. The number of phosphoric acid groups is 2. The Labute approximate surface area is 228 Å². The first kappa shape index (κ1) is 43.1. The van der Waals surface area contributed by atoms with Crippen LogP contribution < -0.4 is 44.4 Å². The Morgan fingerprint density at radius 1 is 1.07 bits per heavy atom. The highest BCUT2D eigenvalue weighted by atomic mass is 31.3. The maximum absolute atomic E-state index is 11.6. The van der Waals surface area contributed by atoms with Crippen molar-refractivity contribution < 1.29 is 82.7 Å². The summed E-state index contributed by atoms with van der Waals surface area (Å²) in [7, 11) is -11.4. The van der Waals surface area contributed by atoms with Crippen LogP contribution in [0.4, 0.5) is 0 Å². The summed E-state index contributed by atoms with van der Waals surface area (Å²) in [5.74, 6) is -1.76. The molecule has 1 aliphatic rings. The van der Waals surface area contributed by atoms with Gasteiger partial charge < -0.3 is 87.5 Å². The van der Waals surface area contributed by atoms with E-state index >= 15 is 0 Å². The number of carboxylic acids is 1. The average Bonchev–Trinajstić information content (AvgIpc) is 3.08. The number of hydrogen-bond donors (Lipinski definition) is 11. The van der Waals surface area contributed by atoms with Gasteiger partial charge in [-0.05, 0) is 0 Å². The van der Waals surface area contributed by atoms with Crippen LogP contribution >= 0.6 is 15.6 Å². The second kappa shape index (κ2) is 17.6. The van der Waals surface area contributed by atoms with E-state index < -0.39 is 88.4 Å². The molecule has 9 atom stereocenters. The van der Waals surface area contributed by atoms with Crippen LogP contribution in [-0.2, 0) is 32.3 Å². The standard InChI is InChI=1S/C9H14N2O12P2.C6H10O7.3H3N/c12-5-1-2-11(9(15)10-5)8-7(14)6(13)4(22-8)3-21-25(19,20)23-24(16,17)18;7-1-2(8)3(9)4(10)5(11)6(12)13;;;/h1-2,4,6-8,13-14H,3H2,(H,19,20)(H,10,12,15)(H2,16,17,18);1-5,8-11H,(H,12,13);3*1H3/t4-,6-,7-,8-;2-,3+,4-,5-;;;/m10.../s1. The van der Waals surface area contributed by atoms with Gasteiger partial charge in [0.1, 0.15) is 36.6 Å². The quantitative estimate of drug-likeness (QED) is 0.0783. The maximum atomic E-state index is 11.6. The molecule has 24 nitrogen and oxygen atoms in total. The minimum atomic E-state index is -5.88. The molecule has 1 saturated heterocycles. The molecule has 0 bridgehead atoms. The summed E-state index contributed by atoms with van der Waals surface area (Å²) in [4.78, 5) is 76.2. The van der Waals surface area contributed by atoms with Gasteiger partial charge in [0, 0.05) is 12.3 Å². The van der Waals surface area contributed by atoms with Gasteiger partial charge in [0.2, 0.25) is 0 Å². The van der Waals surface area contributed by atoms with Crippen molar-refractivity contribution in [3.8, 4) is 0 Å². The summed E-state index contributed by atoms with van der Waals surface area (Å²) in [5, 5.41) is 62.9. The molecule has 0 aromatic carbocycles. The Morgan fingerprint density at radius 2 is 1.61 bits per heavy atom. The molecule has 0 amide bonds. The predicted molar refractivity (Wildman–Crippen MR) is 125 cm³/mol. The van der Waals surface area contributed by atoms with Gasteiger partial charge in [-0.25, -0.2) is 9.59 Å². The molecular formula is C15H33N5O19P2. The number of carboxylic acid groups (broad SMARTS) is 1. The first-order valence-corrected chi connectivity index (χ1v) is 12.7. The Hall–Kier alpha value is -2.32. The number of hydrogen-bond acceptors (Lipinski definition) is 18. The molecule has 41 heavy (non-hydrogen) atoms. The predicted octanol–water partition coefficient (Wildman–Crippen LogP) is -6.67. The van der Waals surface area contributed by atoms with E-state index in [0.29, 0.717) is 0 Å². The van der Waals surface area contributed by atoms with Gasteiger partial charge in [0.05, 0.1) is 14.4 Å². The minimum Gasteiger partial charge on any atom is -0.790 e. The van der Waals surface area contributed by atoms with Crippen molar-refractivity contribution in [3.05, 3.63) is 33.1 Å². The van der Waals surface area contributed by atoms with Crippen molar-refractivity contribution in [1.29, 1.82) is 0 Å². The van der Waals surface area contributed by atoms with Crippen LogP contribution in [0.25, 0.3) is 0 Å². The number of phosphoric ester groups is 1. The van der Waals surface area contributed by atoms with Crippen molar-refractivity contribution in [1.82, 2.24) is 28.0 Å². The van der Waals surface area contributed by atoms with Crippen LogP contribution in [0.3, 0.4) is 0 Å². The topological polar surface area (TPSA) is 471 Å². The van der Waals surface area contributed by atoms with Crippen LogP contribution in [0.2, 0.25) is 0 Å². The first-order valence-electron chi connectivity index (χ1n) is 9.73. The van der Waals surface area contributed by atoms with E-state index in [1.165, 1.54) is 0 Å². The molecular weight excluding hydrogens is 616 g/mol. The number of nitrogens with zero attached hydrogens (tertiary/aromatic N) is 1. The number of quaternary nitrogens is 3. The maximum Gasteiger partial charge on any atom is 0.335 e. The summed E-state index contributed by atoms with van der Waals surface area (Å²) in [6, 6.07) is 0.938. The molecule has 26 heteroatoms. The van der Waals surface area contributed by atoms with Crippen LogP contribution in [0.1, 0.15) is 6.23 Å². The van der Waals surface area contributed by atoms with Crippen molar-refractivity contribution in [2.45, 2.75) is 49.0 Å². The number of aromatic amines is 1. The molecule has 2 rings (SSSR count). The molecule has 242 valence electrons. The van der Waals surface area contributed by atoms with Gasteiger partial charge in [-0.2, -0.15) is 0 Å². The third kappa shape index (κ3) is 13.0. The van der Waals surface area contributed by atoms with Crippen molar-refractivity contribution >= 4 is 27.9 Å². The normalized spacial score (nSPS) is 24.3. The number of aldehydes is 1. The number of aliphatic hydroxyl groups excluding tert-OH is 6. The highest BCUT2D eigenvalue weighted by molar-refractivity contribution is 7.58. The zero-order valence-corrected chi connectivity index (χ0v) is 23.2. The lowest BCUT2D eigenvalue weighted by atomic mass is 10.0. The lowest BCUT2D eigenvalue weighted by Crippen LogP contribution is -2.48. The van der Waals surface area contributed by atoms with E-state index in [9.17, 15) is 53.2 Å². The van der Waals surface area contributed by atoms with Crippen LogP contribution in [-0.4, -0.2) is 107 Å². The SMILES string of the molecule is O=C[C@H](O)[C@@H](O)[C@H](O)[C@H](O)C(=O)O.O=c1ccn([C@@H]2O[C@H](COP(=O)([O-])OP(=O)([O-])[O-])[C@@H](O)[C@H]2O)c(=O)[nH]1.[NH4+].[NH4+].[NH4+]. The molecule has 1 aliphatic heterocycles. The third-order valence-corrected chi connectivity index (χ3v) is 6.54. The van der Waals surface area contributed by atoms with Crippen LogP contribution in [0.15, 0.2) is 21.9 Å². The molecule has 1 aromatic rings. The number of ether oxygens (including phenoxy) is 1. The summed E-state index contributed by atoms with van der Waals surface area (Å²) in [6.45, 7) is -1.02. The summed E-state index contributed by atoms with van der Waals surface area (Å²) < 4.78 is 34.6. The molecule has 0 saturated carbocycles. The van der Waals surface area contributed by atoms with Crippen molar-refractivity contribution in [2.24, 2.45) is 0 Å². The second-order valence-corrected chi connectivity index (χ2v) is 9.93. The average molecular weight is 649 g/mol. The number of carbonyl (C=O) groups is 2. The smallest absolute Gasteiger partial charge is 0.335 e. The van der Waals surface area contributed by atoms with Gasteiger partial charge in [0.15, 0.2) is 18.6 Å². The summed E-state index contributed by atoms with van der Waals surface area (Å²) in [6.07, 6.45) is -13.9. The largest absolute Gasteiger partial charge is 0.790 e. The number of aliphatic hydroxyl groups is 6. The monoisotopic (exact) mass is 649 g/mol. The lowest BCUT2D eigenvalue weighted by Gasteiger charge is -2.35. The molecule has 20 N–H and O–H groups in total. The molecule has 2 heterocycles. The molecule has 1 fully saturated rings. The molecule has 1 aromatic heterocycles. The first-order chi connectivity index (χ1) is 17.3. The number of aromatic nitrogens is 2. The van der Waals surface area contributed by atoms with E-state index in [0.717, 1.165) is 16.8 Å². The highest BCUT2D eigenvalue weighted by Gasteiger charge is 2.44. The Bertz CT molecular complexity index is 1170. The zero-order chi connectivity index (χ0) is 29.6. The number of rotatable bonds is 11. The fourth-order valence-electron chi connectivity index (χ4n) is 2.65. The Balaban J connectivity index is -0.000000780. The molecule has 1 unspecified atom stereocenters. The lowest BCUT2D eigenvalue weighted by molar-refractivity contribution is -0.339. The minimum absolute atomic E-state index is 0. The van der Waals surface area contributed by atoms with Crippen LogP contribution in [0.5, 0.6) is 0 Å². The number of aliphatic carboxylic acids is 1. The summed E-state index contributed by atoms with van der Waals surface area (Å²) in [5.41, 5.74) is -1.69. The summed E-state index contributed by atoms with van der Waals surface area (Å²) >= 11 is 0. The van der Waals surface area contributed by atoms with E-state index in [1.807, 2.05) is 4.98 Å². The van der Waals surface area contributed by atoms with Gasteiger partial charge in [-0.3, -0.25) is 23.2 Å². The molecule has 0 radical (unpaired) electrons. The van der Waals surface area contributed by atoms with Gasteiger partial charge in [-0.15, -0.1) is 0 Å². The Morgan fingerprint density at radius 3 is 2.05 bits per heavy atom. The van der Waals surface area contributed by atoms with Crippen LogP contribution in [0, 0.1) is 0 Å². The second-order valence-electron chi connectivity index (χ2n) is 7.23. The van der Waals surface area contributed by atoms with E-state index in [4.69, 9.17) is 30.3 Å². The van der Waals surface area contributed by atoms with Crippen molar-refractivity contribution in [2.75, 3.05) is 6.61 Å². The van der Waals surface area contributed by atoms with E-state index in [1.54, 1.807) is 0 Å². The zero-order valence-electron chi connectivity index (χ0n) is 21.4. The third-order valence-electron chi connectivity index (χ3n) is 4.48.